The van der Waals surface area contributed by atoms with Gasteiger partial charge in [-0.3, -0.25) is 4.79 Å². The maximum Gasteiger partial charge on any atom is 0.359 e. The lowest BCUT2D eigenvalue weighted by atomic mass is 10.1. The van der Waals surface area contributed by atoms with Gasteiger partial charge in [-0.05, 0) is 36.4 Å². The van der Waals surface area contributed by atoms with Crippen molar-refractivity contribution in [2.45, 2.75) is 0 Å². The fourth-order valence-electron chi connectivity index (χ4n) is 3.03. The molecule has 31 heavy (non-hydrogen) atoms. The van der Waals surface area contributed by atoms with Crippen molar-refractivity contribution >= 4 is 39.9 Å². The molecule has 0 fully saturated rings. The van der Waals surface area contributed by atoms with Gasteiger partial charge in [0.25, 0.3) is 5.56 Å². The van der Waals surface area contributed by atoms with Crippen molar-refractivity contribution in [3.05, 3.63) is 98.9 Å². The minimum atomic E-state index is -0.660. The van der Waals surface area contributed by atoms with Gasteiger partial charge in [-0.15, -0.1) is 0 Å². The van der Waals surface area contributed by atoms with Crippen molar-refractivity contribution in [1.82, 2.24) is 9.78 Å². The molecule has 156 valence electrons. The molecule has 0 atom stereocenters. The number of hydrogen-bond acceptors (Lipinski definition) is 5. The second-order valence-electron chi connectivity index (χ2n) is 6.51. The largest absolute Gasteiger partial charge is 0.488 e. The van der Waals surface area contributed by atoms with E-state index in [9.17, 15) is 9.59 Å². The predicted octanol–water partition coefficient (Wildman–Crippen LogP) is 4.93. The van der Waals surface area contributed by atoms with Crippen LogP contribution in [0.2, 0.25) is 10.0 Å². The van der Waals surface area contributed by atoms with Crippen molar-refractivity contribution in [3.63, 3.8) is 0 Å². The van der Waals surface area contributed by atoms with E-state index in [0.717, 1.165) is 0 Å². The lowest BCUT2D eigenvalue weighted by molar-refractivity contribution is 0.0444. The molecule has 0 spiro atoms. The number of carbonyl (C=O) groups excluding carboxylic acids is 1. The molecule has 0 aliphatic rings. The van der Waals surface area contributed by atoms with Crippen LogP contribution in [-0.4, -0.2) is 29.0 Å². The smallest absolute Gasteiger partial charge is 0.359 e. The van der Waals surface area contributed by atoms with Gasteiger partial charge in [0.15, 0.2) is 5.69 Å². The number of hydrogen-bond donors (Lipinski definition) is 0. The molecule has 4 aromatic rings. The molecule has 4 rings (SSSR count). The Morgan fingerprint density at radius 1 is 0.903 bits per heavy atom. The zero-order valence-electron chi connectivity index (χ0n) is 16.1. The van der Waals surface area contributed by atoms with E-state index >= 15 is 0 Å². The molecule has 0 saturated carbocycles. The summed E-state index contributed by atoms with van der Waals surface area (Å²) in [7, 11) is 0. The number of nitrogens with zero attached hydrogens (tertiary/aromatic N) is 2. The van der Waals surface area contributed by atoms with E-state index in [4.69, 9.17) is 32.7 Å². The van der Waals surface area contributed by atoms with Crippen LogP contribution < -0.4 is 10.3 Å². The van der Waals surface area contributed by atoms with E-state index in [1.54, 1.807) is 66.7 Å². The van der Waals surface area contributed by atoms with Crippen molar-refractivity contribution in [2.24, 2.45) is 0 Å². The number of esters is 1. The van der Waals surface area contributed by atoms with Crippen LogP contribution in [0.5, 0.6) is 5.75 Å². The van der Waals surface area contributed by atoms with Crippen LogP contribution >= 0.6 is 23.2 Å². The summed E-state index contributed by atoms with van der Waals surface area (Å²) < 4.78 is 12.1. The van der Waals surface area contributed by atoms with Gasteiger partial charge >= 0.3 is 5.97 Å². The molecular weight excluding hydrogens is 439 g/mol. The van der Waals surface area contributed by atoms with Crippen molar-refractivity contribution in [1.29, 1.82) is 0 Å². The number of carbonyl (C=O) groups is 1. The monoisotopic (exact) mass is 454 g/mol. The third-order valence-corrected chi connectivity index (χ3v) is 5.00. The normalized spacial score (nSPS) is 10.8. The summed E-state index contributed by atoms with van der Waals surface area (Å²) in [5, 5.41) is 5.94. The van der Waals surface area contributed by atoms with Crippen molar-refractivity contribution in [3.8, 4) is 11.4 Å². The maximum absolute atomic E-state index is 12.9. The number of halogens is 2. The Morgan fingerprint density at radius 3 is 2.35 bits per heavy atom. The van der Waals surface area contributed by atoms with Crippen LogP contribution in [0.3, 0.4) is 0 Å². The van der Waals surface area contributed by atoms with E-state index in [1.165, 1.54) is 4.68 Å². The molecule has 0 unspecified atom stereocenters. The Balaban J connectivity index is 1.56. The first-order valence-electron chi connectivity index (χ1n) is 9.37. The minimum Gasteiger partial charge on any atom is -0.488 e. The molecule has 0 aliphatic carbocycles. The topological polar surface area (TPSA) is 70.4 Å². The zero-order valence-corrected chi connectivity index (χ0v) is 17.6. The SMILES string of the molecule is O=C(OCCOc1ccc(Cl)cc1Cl)c1nn(-c2ccccc2)c(=O)c2ccccc12. The summed E-state index contributed by atoms with van der Waals surface area (Å²) in [6, 6.07) is 20.5. The Labute approximate surface area is 187 Å². The first-order valence-corrected chi connectivity index (χ1v) is 10.1. The highest BCUT2D eigenvalue weighted by molar-refractivity contribution is 6.35. The van der Waals surface area contributed by atoms with Crippen LogP contribution in [-0.2, 0) is 4.74 Å². The zero-order chi connectivity index (χ0) is 21.8. The fourth-order valence-corrected chi connectivity index (χ4v) is 3.49. The van der Waals surface area contributed by atoms with Gasteiger partial charge in [-0.2, -0.15) is 9.78 Å². The van der Waals surface area contributed by atoms with E-state index in [0.29, 0.717) is 32.3 Å². The van der Waals surface area contributed by atoms with Crippen LogP contribution in [0.1, 0.15) is 10.5 Å². The standard InChI is InChI=1S/C23H16Cl2N2O4/c24-15-10-11-20(19(25)14-15)30-12-13-31-23(29)21-17-8-4-5-9-18(17)22(28)27(26-21)16-6-2-1-3-7-16/h1-11,14H,12-13H2. The second-order valence-corrected chi connectivity index (χ2v) is 7.35. The van der Waals surface area contributed by atoms with E-state index in [1.807, 2.05) is 6.07 Å². The maximum atomic E-state index is 12.9. The molecule has 0 radical (unpaired) electrons. The van der Waals surface area contributed by atoms with E-state index < -0.39 is 5.97 Å². The fraction of sp³-hybridized carbons (Fsp3) is 0.0870. The van der Waals surface area contributed by atoms with Crippen LogP contribution in [0.15, 0.2) is 77.6 Å². The molecule has 0 bridgehead atoms. The van der Waals surface area contributed by atoms with Crippen LogP contribution in [0.25, 0.3) is 16.5 Å². The molecule has 1 aromatic heterocycles. The number of benzene rings is 3. The van der Waals surface area contributed by atoms with Crippen molar-refractivity contribution < 1.29 is 14.3 Å². The summed E-state index contributed by atoms with van der Waals surface area (Å²) >= 11 is 11.9. The molecule has 6 nitrogen and oxygen atoms in total. The molecular formula is C23H16Cl2N2O4. The average Bonchev–Trinajstić information content (AvgIpc) is 2.79. The first kappa shape index (κ1) is 20.9. The van der Waals surface area contributed by atoms with Gasteiger partial charge in [0.1, 0.15) is 19.0 Å². The number of aromatic nitrogens is 2. The van der Waals surface area contributed by atoms with Gasteiger partial charge < -0.3 is 9.47 Å². The Bertz CT molecular complexity index is 1310. The molecule has 8 heteroatoms. The Kier molecular flexibility index (Phi) is 6.21. The van der Waals surface area contributed by atoms with Crippen molar-refractivity contribution in [2.75, 3.05) is 13.2 Å². The summed E-state index contributed by atoms with van der Waals surface area (Å²) in [6.07, 6.45) is 0. The van der Waals surface area contributed by atoms with Gasteiger partial charge in [0, 0.05) is 10.4 Å². The van der Waals surface area contributed by atoms with Crippen LogP contribution in [0.4, 0.5) is 0 Å². The lowest BCUT2D eigenvalue weighted by Crippen LogP contribution is -2.25. The van der Waals surface area contributed by atoms with Crippen LogP contribution in [0, 0.1) is 0 Å². The van der Waals surface area contributed by atoms with Gasteiger partial charge in [0.05, 0.1) is 16.1 Å². The second kappa shape index (κ2) is 9.20. The number of rotatable bonds is 6. The predicted molar refractivity (Wildman–Crippen MR) is 120 cm³/mol. The quantitative estimate of drug-likeness (QED) is 0.305. The Morgan fingerprint density at radius 2 is 1.61 bits per heavy atom. The van der Waals surface area contributed by atoms with E-state index in [2.05, 4.69) is 5.10 Å². The lowest BCUT2D eigenvalue weighted by Gasteiger charge is -2.12. The third kappa shape index (κ3) is 4.55. The number of ether oxygens (including phenoxy) is 2. The average molecular weight is 455 g/mol. The first-order chi connectivity index (χ1) is 15.0. The molecule has 3 aromatic carbocycles. The Hall–Kier alpha value is -3.35. The highest BCUT2D eigenvalue weighted by Gasteiger charge is 2.18. The molecule has 0 aliphatic heterocycles. The molecule has 0 amide bonds. The molecule has 0 saturated heterocycles. The highest BCUT2D eigenvalue weighted by atomic mass is 35.5. The molecule has 0 N–H and O–H groups in total. The summed E-state index contributed by atoms with van der Waals surface area (Å²) in [4.78, 5) is 25.7. The summed E-state index contributed by atoms with van der Waals surface area (Å²) in [5.41, 5.74) is 0.274. The van der Waals surface area contributed by atoms with E-state index in [-0.39, 0.29) is 24.5 Å². The molecule has 1 heterocycles. The highest BCUT2D eigenvalue weighted by Crippen LogP contribution is 2.27. The van der Waals surface area contributed by atoms with Gasteiger partial charge in [-0.25, -0.2) is 4.79 Å². The van der Waals surface area contributed by atoms with Gasteiger partial charge in [-0.1, -0.05) is 59.6 Å². The third-order valence-electron chi connectivity index (χ3n) is 4.47. The number of para-hydroxylation sites is 1. The summed E-state index contributed by atoms with van der Waals surface area (Å²) in [5.74, 6) is -0.227. The number of fused-ring (bicyclic) bond motifs is 1. The summed E-state index contributed by atoms with van der Waals surface area (Å²) in [6.45, 7) is 0.0572. The van der Waals surface area contributed by atoms with Gasteiger partial charge in [0.2, 0.25) is 0 Å². The minimum absolute atomic E-state index is 0.0295.